The van der Waals surface area contributed by atoms with Crippen LogP contribution in [0.25, 0.3) is 11.5 Å². The molecule has 2 heterocycles. The van der Waals surface area contributed by atoms with E-state index in [1.165, 1.54) is 4.90 Å². The molecule has 0 saturated carbocycles. The third-order valence-corrected chi connectivity index (χ3v) is 4.80. The van der Waals surface area contributed by atoms with Crippen LogP contribution < -0.4 is 5.32 Å². The first kappa shape index (κ1) is 18.3. The molecule has 4 nitrogen and oxygen atoms in total. The fourth-order valence-corrected chi connectivity index (χ4v) is 3.45. The van der Waals surface area contributed by atoms with Crippen molar-refractivity contribution in [2.24, 2.45) is 0 Å². The van der Waals surface area contributed by atoms with Gasteiger partial charge in [0.15, 0.2) is 5.76 Å². The number of pyridine rings is 1. The number of thioether (sulfide) groups is 1. The van der Waals surface area contributed by atoms with Crippen LogP contribution in [0.15, 0.2) is 70.3 Å². The van der Waals surface area contributed by atoms with Gasteiger partial charge >= 0.3 is 0 Å². The number of hydrogen-bond donors (Lipinski definition) is 1. The van der Waals surface area contributed by atoms with Crippen LogP contribution in [-0.4, -0.2) is 16.1 Å². The summed E-state index contributed by atoms with van der Waals surface area (Å²) < 4.78 is 5.42. The Balaban J connectivity index is 1.58. The minimum absolute atomic E-state index is 0.0106. The third kappa shape index (κ3) is 4.99. The summed E-state index contributed by atoms with van der Waals surface area (Å²) in [6.07, 6.45) is 3.70. The van der Waals surface area contributed by atoms with Crippen LogP contribution in [0.2, 0.25) is 0 Å². The average Bonchev–Trinajstić information content (AvgIpc) is 3.16. The number of amides is 1. The lowest BCUT2D eigenvalue weighted by molar-refractivity contribution is -0.120. The summed E-state index contributed by atoms with van der Waals surface area (Å²) in [6.45, 7) is 4.76. The van der Waals surface area contributed by atoms with Crippen LogP contribution >= 0.6 is 11.8 Å². The predicted octanol–water partition coefficient (Wildman–Crippen LogP) is 4.70. The summed E-state index contributed by atoms with van der Waals surface area (Å²) in [7, 11) is 0. The summed E-state index contributed by atoms with van der Waals surface area (Å²) in [5.74, 6) is 0.691. The largest absolute Gasteiger partial charge is 0.463 e. The maximum Gasteiger partial charge on any atom is 0.224 e. The first-order chi connectivity index (χ1) is 12.6. The van der Waals surface area contributed by atoms with E-state index in [2.05, 4.69) is 36.3 Å². The molecular formula is C21H22N2O2S. The fraction of sp³-hybridized carbons (Fsp3) is 0.238. The Morgan fingerprint density at radius 3 is 2.65 bits per heavy atom. The number of carbonyl (C=O) groups is 1. The summed E-state index contributed by atoms with van der Waals surface area (Å²) in [6, 6.07) is 15.7. The molecule has 0 spiro atoms. The quantitative estimate of drug-likeness (QED) is 0.616. The summed E-state index contributed by atoms with van der Waals surface area (Å²) in [4.78, 5) is 17.9. The normalized spacial score (nSPS) is 10.9. The van der Waals surface area contributed by atoms with Crippen molar-refractivity contribution in [1.29, 1.82) is 0 Å². The molecule has 0 fully saturated rings. The second-order valence-corrected chi connectivity index (χ2v) is 7.90. The van der Waals surface area contributed by atoms with Gasteiger partial charge in [0.05, 0.1) is 12.7 Å². The molecule has 1 aromatic carbocycles. The Hall–Kier alpha value is -2.53. The van der Waals surface area contributed by atoms with Crippen molar-refractivity contribution in [3.05, 3.63) is 72.1 Å². The van der Waals surface area contributed by atoms with Crippen molar-refractivity contribution in [2.75, 3.05) is 0 Å². The van der Waals surface area contributed by atoms with Crippen LogP contribution in [0, 0.1) is 0 Å². The number of hydrogen-bond acceptors (Lipinski definition) is 4. The zero-order valence-electron chi connectivity index (χ0n) is 14.9. The Morgan fingerprint density at radius 2 is 1.96 bits per heavy atom. The first-order valence-corrected chi connectivity index (χ1v) is 9.50. The standard InChI is InChI=1S/C21H22N2O2S/c1-15(2)26-18-9-7-16(8-10-18)13-20(24)23-14-17-5-3-11-22-21(17)19-6-4-12-25-19/h3-12,15H,13-14H2,1-2H3,(H,23,24). The van der Waals surface area contributed by atoms with Crippen LogP contribution in [-0.2, 0) is 17.8 Å². The van der Waals surface area contributed by atoms with Crippen molar-refractivity contribution in [1.82, 2.24) is 10.3 Å². The molecule has 2 aromatic heterocycles. The maximum atomic E-state index is 12.3. The minimum atomic E-state index is -0.0106. The highest BCUT2D eigenvalue weighted by atomic mass is 32.2. The molecule has 0 aliphatic rings. The van der Waals surface area contributed by atoms with Gasteiger partial charge in [-0.05, 0) is 35.9 Å². The van der Waals surface area contributed by atoms with E-state index in [0.717, 1.165) is 16.8 Å². The second-order valence-electron chi connectivity index (χ2n) is 6.25. The maximum absolute atomic E-state index is 12.3. The molecule has 0 bridgehead atoms. The summed E-state index contributed by atoms with van der Waals surface area (Å²) in [5.41, 5.74) is 2.69. The highest BCUT2D eigenvalue weighted by Gasteiger charge is 2.10. The molecule has 3 aromatic rings. The fourth-order valence-electron chi connectivity index (χ4n) is 2.62. The van der Waals surface area contributed by atoms with E-state index in [0.29, 0.717) is 24.0 Å². The Morgan fingerprint density at radius 1 is 1.15 bits per heavy atom. The van der Waals surface area contributed by atoms with Gasteiger partial charge in [0, 0.05) is 28.5 Å². The Labute approximate surface area is 158 Å². The van der Waals surface area contributed by atoms with Gasteiger partial charge in [0.1, 0.15) is 5.69 Å². The predicted molar refractivity (Wildman–Crippen MR) is 105 cm³/mol. The highest BCUT2D eigenvalue weighted by molar-refractivity contribution is 7.99. The van der Waals surface area contributed by atoms with Crippen molar-refractivity contribution in [3.63, 3.8) is 0 Å². The molecule has 1 amide bonds. The van der Waals surface area contributed by atoms with E-state index in [-0.39, 0.29) is 5.91 Å². The van der Waals surface area contributed by atoms with Gasteiger partial charge in [-0.3, -0.25) is 9.78 Å². The zero-order chi connectivity index (χ0) is 18.4. The lowest BCUT2D eigenvalue weighted by Gasteiger charge is -2.09. The van der Waals surface area contributed by atoms with Gasteiger partial charge < -0.3 is 9.73 Å². The molecule has 26 heavy (non-hydrogen) atoms. The second kappa shape index (κ2) is 8.72. The van der Waals surface area contributed by atoms with Gasteiger partial charge in [-0.25, -0.2) is 0 Å². The molecular weight excluding hydrogens is 344 g/mol. The molecule has 0 aliphatic carbocycles. The molecule has 0 saturated heterocycles. The van der Waals surface area contributed by atoms with E-state index < -0.39 is 0 Å². The lowest BCUT2D eigenvalue weighted by atomic mass is 10.1. The van der Waals surface area contributed by atoms with Gasteiger partial charge in [-0.1, -0.05) is 32.0 Å². The highest BCUT2D eigenvalue weighted by Crippen LogP contribution is 2.23. The average molecular weight is 366 g/mol. The van der Waals surface area contributed by atoms with Gasteiger partial charge in [-0.2, -0.15) is 0 Å². The molecule has 0 radical (unpaired) electrons. The first-order valence-electron chi connectivity index (χ1n) is 8.62. The smallest absolute Gasteiger partial charge is 0.224 e. The topological polar surface area (TPSA) is 55.1 Å². The minimum Gasteiger partial charge on any atom is -0.463 e. The number of carbonyl (C=O) groups excluding carboxylic acids is 1. The number of nitrogens with one attached hydrogen (secondary N) is 1. The van der Waals surface area contributed by atoms with Crippen LogP contribution in [0.5, 0.6) is 0 Å². The number of nitrogens with zero attached hydrogens (tertiary/aromatic N) is 1. The molecule has 5 heteroatoms. The lowest BCUT2D eigenvalue weighted by Crippen LogP contribution is -2.24. The van der Waals surface area contributed by atoms with Crippen molar-refractivity contribution < 1.29 is 9.21 Å². The molecule has 3 rings (SSSR count). The van der Waals surface area contributed by atoms with E-state index in [4.69, 9.17) is 4.42 Å². The van der Waals surface area contributed by atoms with Gasteiger partial charge in [-0.15, -0.1) is 11.8 Å². The Bertz CT molecular complexity index is 843. The van der Waals surface area contributed by atoms with Gasteiger partial charge in [0.2, 0.25) is 5.91 Å². The van der Waals surface area contributed by atoms with Gasteiger partial charge in [0.25, 0.3) is 0 Å². The summed E-state index contributed by atoms with van der Waals surface area (Å²) in [5, 5.41) is 3.52. The third-order valence-electron chi connectivity index (χ3n) is 3.78. The van der Waals surface area contributed by atoms with E-state index in [1.807, 2.05) is 48.2 Å². The molecule has 0 aliphatic heterocycles. The monoisotopic (exact) mass is 366 g/mol. The van der Waals surface area contributed by atoms with E-state index >= 15 is 0 Å². The number of aromatic nitrogens is 1. The van der Waals surface area contributed by atoms with E-state index in [1.54, 1.807) is 12.5 Å². The van der Waals surface area contributed by atoms with Crippen LogP contribution in [0.3, 0.4) is 0 Å². The van der Waals surface area contributed by atoms with Crippen molar-refractivity contribution >= 4 is 17.7 Å². The zero-order valence-corrected chi connectivity index (χ0v) is 15.8. The van der Waals surface area contributed by atoms with E-state index in [9.17, 15) is 4.79 Å². The SMILES string of the molecule is CC(C)Sc1ccc(CC(=O)NCc2cccnc2-c2ccco2)cc1. The molecule has 1 N–H and O–H groups in total. The number of benzene rings is 1. The molecule has 134 valence electrons. The molecule has 0 unspecified atom stereocenters. The van der Waals surface area contributed by atoms with Crippen LogP contribution in [0.4, 0.5) is 0 Å². The van der Waals surface area contributed by atoms with Crippen molar-refractivity contribution in [3.8, 4) is 11.5 Å². The molecule has 0 atom stereocenters. The van der Waals surface area contributed by atoms with Crippen LogP contribution in [0.1, 0.15) is 25.0 Å². The Kier molecular flexibility index (Phi) is 6.12. The number of rotatable bonds is 7. The summed E-state index contributed by atoms with van der Waals surface area (Å²) >= 11 is 1.82. The van der Waals surface area contributed by atoms with Crippen molar-refractivity contribution in [2.45, 2.75) is 37.0 Å². The number of furan rings is 1.